The summed E-state index contributed by atoms with van der Waals surface area (Å²) < 4.78 is 0. The van der Waals surface area contributed by atoms with Crippen LogP contribution in [0, 0.1) is 0 Å². The van der Waals surface area contributed by atoms with E-state index in [0.29, 0.717) is 15.3 Å². The summed E-state index contributed by atoms with van der Waals surface area (Å²) in [5, 5.41) is 17.6. The van der Waals surface area contributed by atoms with Crippen molar-refractivity contribution in [2.75, 3.05) is 0 Å². The number of hydrogen-bond acceptors (Lipinski definition) is 4. The Morgan fingerprint density at radius 3 is 2.27 bits per heavy atom. The highest BCUT2D eigenvalue weighted by atomic mass is 32.1. The lowest BCUT2D eigenvalue weighted by atomic mass is 9.80. The van der Waals surface area contributed by atoms with Crippen molar-refractivity contribution in [3.8, 4) is 0 Å². The summed E-state index contributed by atoms with van der Waals surface area (Å²) in [5.74, 6) is 0. The molecule has 0 aromatic heterocycles. The van der Waals surface area contributed by atoms with Gasteiger partial charge in [0, 0.05) is 9.79 Å². The highest BCUT2D eigenvalue weighted by Crippen LogP contribution is 2.08. The average Bonchev–Trinajstić information content (AvgIpc) is 1.94. The molecule has 58 valence electrons. The van der Waals surface area contributed by atoms with Crippen molar-refractivity contribution in [2.24, 2.45) is 0 Å². The maximum absolute atomic E-state index is 8.80. The third-order valence-corrected chi connectivity index (χ3v) is 1.97. The second-order valence-corrected chi connectivity index (χ2v) is 3.11. The average molecular weight is 186 g/mol. The Kier molecular flexibility index (Phi) is 2.89. The Morgan fingerprint density at radius 2 is 1.82 bits per heavy atom. The van der Waals surface area contributed by atoms with Crippen molar-refractivity contribution in [1.82, 2.24) is 0 Å². The molecule has 0 atom stereocenters. The smallest absolute Gasteiger partial charge is 0.423 e. The van der Waals surface area contributed by atoms with E-state index in [2.05, 4.69) is 25.3 Å². The van der Waals surface area contributed by atoms with Gasteiger partial charge in [-0.2, -0.15) is 0 Å². The molecule has 0 fully saturated rings. The van der Waals surface area contributed by atoms with Gasteiger partial charge < -0.3 is 10.0 Å². The first-order valence-corrected chi connectivity index (χ1v) is 3.88. The second kappa shape index (κ2) is 3.54. The molecule has 0 radical (unpaired) electrons. The third-order valence-electron chi connectivity index (χ3n) is 1.29. The molecule has 0 amide bonds. The number of hydrogen-bond donors (Lipinski definition) is 4. The van der Waals surface area contributed by atoms with E-state index in [-0.39, 0.29) is 0 Å². The molecular formula is C6H7BO2S2. The first kappa shape index (κ1) is 9.00. The fraction of sp³-hybridized carbons (Fsp3) is 0. The molecule has 0 heterocycles. The SMILES string of the molecule is OB(O)c1cc(S)ccc1S. The van der Waals surface area contributed by atoms with Crippen LogP contribution in [-0.2, 0) is 0 Å². The molecule has 1 rings (SSSR count). The van der Waals surface area contributed by atoms with Gasteiger partial charge in [-0.1, -0.05) is 0 Å². The van der Waals surface area contributed by atoms with Crippen molar-refractivity contribution < 1.29 is 10.0 Å². The minimum Gasteiger partial charge on any atom is -0.423 e. The molecule has 0 aliphatic rings. The predicted octanol–water partition coefficient (Wildman–Crippen LogP) is -0.0562. The summed E-state index contributed by atoms with van der Waals surface area (Å²) in [6.45, 7) is 0. The quantitative estimate of drug-likeness (QED) is 0.366. The van der Waals surface area contributed by atoms with Crippen LogP contribution in [-0.4, -0.2) is 17.2 Å². The predicted molar refractivity (Wildman–Crippen MR) is 50.8 cm³/mol. The van der Waals surface area contributed by atoms with Gasteiger partial charge in [0.2, 0.25) is 0 Å². The van der Waals surface area contributed by atoms with E-state index in [1.54, 1.807) is 18.2 Å². The molecule has 0 spiro atoms. The van der Waals surface area contributed by atoms with Crippen molar-refractivity contribution in [1.29, 1.82) is 0 Å². The zero-order valence-electron chi connectivity index (χ0n) is 5.60. The first-order valence-electron chi connectivity index (χ1n) is 2.99. The number of thiol groups is 2. The Labute approximate surface area is 76.2 Å². The van der Waals surface area contributed by atoms with Gasteiger partial charge in [0.25, 0.3) is 0 Å². The van der Waals surface area contributed by atoms with E-state index >= 15 is 0 Å². The van der Waals surface area contributed by atoms with Gasteiger partial charge in [-0.15, -0.1) is 25.3 Å². The highest BCUT2D eigenvalue weighted by Gasteiger charge is 2.13. The highest BCUT2D eigenvalue weighted by molar-refractivity contribution is 7.81. The van der Waals surface area contributed by atoms with Crippen LogP contribution < -0.4 is 5.46 Å². The van der Waals surface area contributed by atoms with E-state index in [1.807, 2.05) is 0 Å². The molecule has 11 heavy (non-hydrogen) atoms. The van der Waals surface area contributed by atoms with Crippen LogP contribution in [0.25, 0.3) is 0 Å². The van der Waals surface area contributed by atoms with Gasteiger partial charge in [-0.05, 0) is 23.7 Å². The summed E-state index contributed by atoms with van der Waals surface area (Å²) >= 11 is 8.07. The molecule has 0 aliphatic carbocycles. The summed E-state index contributed by atoms with van der Waals surface area (Å²) in [5.41, 5.74) is 0.376. The van der Waals surface area contributed by atoms with Gasteiger partial charge in [-0.3, -0.25) is 0 Å². The van der Waals surface area contributed by atoms with Crippen LogP contribution in [0.3, 0.4) is 0 Å². The van der Waals surface area contributed by atoms with Gasteiger partial charge in [0.15, 0.2) is 0 Å². The maximum atomic E-state index is 8.80. The summed E-state index contributed by atoms with van der Waals surface area (Å²) in [6, 6.07) is 4.97. The third kappa shape index (κ3) is 2.17. The van der Waals surface area contributed by atoms with Gasteiger partial charge in [0.05, 0.1) is 0 Å². The van der Waals surface area contributed by atoms with E-state index in [1.165, 1.54) is 0 Å². The molecule has 2 N–H and O–H groups in total. The Morgan fingerprint density at radius 1 is 1.18 bits per heavy atom. The zero-order valence-corrected chi connectivity index (χ0v) is 7.39. The van der Waals surface area contributed by atoms with Crippen LogP contribution in [0.1, 0.15) is 0 Å². The van der Waals surface area contributed by atoms with E-state index in [9.17, 15) is 0 Å². The fourth-order valence-electron chi connectivity index (χ4n) is 0.749. The number of rotatable bonds is 1. The van der Waals surface area contributed by atoms with E-state index in [4.69, 9.17) is 10.0 Å². The van der Waals surface area contributed by atoms with Crippen LogP contribution in [0.2, 0.25) is 0 Å². The summed E-state index contributed by atoms with van der Waals surface area (Å²) in [6.07, 6.45) is 0. The molecule has 2 nitrogen and oxygen atoms in total. The van der Waals surface area contributed by atoms with E-state index < -0.39 is 7.12 Å². The standard InChI is InChI=1S/C6H7BO2S2/c8-7(9)5-3-4(10)1-2-6(5)11/h1-3,8-11H. The lowest BCUT2D eigenvalue weighted by Gasteiger charge is -2.03. The van der Waals surface area contributed by atoms with Crippen LogP contribution >= 0.6 is 25.3 Å². The Balaban J connectivity index is 3.13. The van der Waals surface area contributed by atoms with Crippen LogP contribution in [0.5, 0.6) is 0 Å². The largest absolute Gasteiger partial charge is 0.489 e. The lowest BCUT2D eigenvalue weighted by Crippen LogP contribution is -2.31. The van der Waals surface area contributed by atoms with Crippen molar-refractivity contribution >= 4 is 37.8 Å². The summed E-state index contributed by atoms with van der Waals surface area (Å²) in [7, 11) is -1.48. The van der Waals surface area contributed by atoms with Crippen LogP contribution in [0.4, 0.5) is 0 Å². The van der Waals surface area contributed by atoms with Gasteiger partial charge >= 0.3 is 7.12 Å². The lowest BCUT2D eigenvalue weighted by molar-refractivity contribution is 0.425. The van der Waals surface area contributed by atoms with Crippen LogP contribution in [0.15, 0.2) is 28.0 Å². The number of benzene rings is 1. The fourth-order valence-corrected chi connectivity index (χ4v) is 1.22. The minimum atomic E-state index is -1.48. The maximum Gasteiger partial charge on any atom is 0.489 e. The molecular weight excluding hydrogens is 179 g/mol. The molecule has 5 heteroatoms. The summed E-state index contributed by atoms with van der Waals surface area (Å²) in [4.78, 5) is 1.24. The Hall–Kier alpha value is -0.0951. The van der Waals surface area contributed by atoms with Crippen molar-refractivity contribution in [3.63, 3.8) is 0 Å². The molecule has 0 saturated heterocycles. The first-order chi connectivity index (χ1) is 5.11. The molecule has 0 bridgehead atoms. The molecule has 0 aliphatic heterocycles. The molecule has 1 aromatic rings. The molecule has 0 unspecified atom stereocenters. The molecule has 1 aromatic carbocycles. The van der Waals surface area contributed by atoms with E-state index in [0.717, 1.165) is 0 Å². The monoisotopic (exact) mass is 186 g/mol. The second-order valence-electron chi connectivity index (χ2n) is 2.12. The van der Waals surface area contributed by atoms with Gasteiger partial charge in [-0.25, -0.2) is 0 Å². The normalized spacial score (nSPS) is 9.82. The zero-order chi connectivity index (χ0) is 8.43. The Bertz CT molecular complexity index is 265. The topological polar surface area (TPSA) is 40.5 Å². The molecule has 0 saturated carbocycles. The van der Waals surface area contributed by atoms with Crippen molar-refractivity contribution in [3.05, 3.63) is 18.2 Å². The minimum absolute atomic E-state index is 0.376. The van der Waals surface area contributed by atoms with Gasteiger partial charge in [0.1, 0.15) is 0 Å². The van der Waals surface area contributed by atoms with Crippen molar-refractivity contribution in [2.45, 2.75) is 9.79 Å².